The first-order valence-corrected chi connectivity index (χ1v) is 13.9. The van der Waals surface area contributed by atoms with Crippen molar-refractivity contribution in [3.8, 4) is 11.1 Å². The summed E-state index contributed by atoms with van der Waals surface area (Å²) in [6.07, 6.45) is -0.135. The number of aromatic nitrogens is 1. The number of carbonyl (C=O) groups is 2. The van der Waals surface area contributed by atoms with E-state index in [1.165, 1.54) is 0 Å². The van der Waals surface area contributed by atoms with Crippen LogP contribution >= 0.6 is 15.9 Å². The van der Waals surface area contributed by atoms with Crippen molar-refractivity contribution in [3.05, 3.63) is 75.6 Å². The van der Waals surface area contributed by atoms with E-state index >= 15 is 0 Å². The van der Waals surface area contributed by atoms with Gasteiger partial charge in [0, 0.05) is 21.2 Å². The number of esters is 1. The number of hydrogen-bond donors (Lipinski definition) is 1. The van der Waals surface area contributed by atoms with Gasteiger partial charge in [-0.25, -0.2) is 8.93 Å². The molecule has 1 aromatic heterocycles. The topological polar surface area (TPSA) is 98.5 Å². The van der Waals surface area contributed by atoms with Crippen LogP contribution in [-0.2, 0) is 20.5 Å². The van der Waals surface area contributed by atoms with Crippen LogP contribution in [0.25, 0.3) is 11.1 Å². The first-order valence-electron chi connectivity index (χ1n) is 11.9. The maximum Gasteiger partial charge on any atom is 0.308 e. The van der Waals surface area contributed by atoms with Crippen LogP contribution in [0.15, 0.2) is 57.5 Å². The van der Waals surface area contributed by atoms with Crippen LogP contribution in [0.2, 0.25) is 0 Å². The smallest absolute Gasteiger partial charge is 0.308 e. The Morgan fingerprint density at radius 1 is 1.05 bits per heavy atom. The number of nitrogens with zero attached hydrogens (tertiary/aromatic N) is 1. The number of ether oxygens (including phenoxy) is 1. The highest BCUT2D eigenvalue weighted by Crippen LogP contribution is 2.36. The van der Waals surface area contributed by atoms with Crippen molar-refractivity contribution in [2.24, 2.45) is 0 Å². The summed E-state index contributed by atoms with van der Waals surface area (Å²) in [6, 6.07) is 13.5. The summed E-state index contributed by atoms with van der Waals surface area (Å²) in [6.45, 7) is 12.6. The van der Waals surface area contributed by atoms with Crippen molar-refractivity contribution in [3.63, 3.8) is 0 Å². The highest BCUT2D eigenvalue weighted by Gasteiger charge is 2.33. The molecule has 7 nitrogen and oxygen atoms in total. The summed E-state index contributed by atoms with van der Waals surface area (Å²) in [5.74, 6) is -0.322. The Kier molecular flexibility index (Phi) is 8.93. The van der Waals surface area contributed by atoms with Gasteiger partial charge >= 0.3 is 5.97 Å². The monoisotopic (exact) mass is 588 g/mol. The number of nitrogens with one attached hydrogen (secondary N) is 1. The molecule has 3 aromatic rings. The largest absolute Gasteiger partial charge is 0.460 e. The zero-order valence-electron chi connectivity index (χ0n) is 22.2. The maximum atomic E-state index is 13.5. The molecule has 0 unspecified atom stereocenters. The maximum absolute atomic E-state index is 13.5. The second kappa shape index (κ2) is 11.4. The number of ketones is 1. The van der Waals surface area contributed by atoms with Crippen molar-refractivity contribution < 1.29 is 23.1 Å². The molecule has 0 saturated carbocycles. The molecule has 0 aliphatic rings. The molecule has 1 N–H and O–H groups in total. The molecular formula is C28H33BrN2O5S. The van der Waals surface area contributed by atoms with Gasteiger partial charge in [-0.05, 0) is 78.3 Å². The Morgan fingerprint density at radius 2 is 1.68 bits per heavy atom. The molecule has 0 fully saturated rings. The van der Waals surface area contributed by atoms with E-state index in [0.29, 0.717) is 33.7 Å². The second-order valence-corrected chi connectivity index (χ2v) is 13.6. The predicted molar refractivity (Wildman–Crippen MR) is 148 cm³/mol. The Hall–Kier alpha value is -2.62. The summed E-state index contributed by atoms with van der Waals surface area (Å²) >= 11 is 3.40. The van der Waals surface area contributed by atoms with Gasteiger partial charge in [-0.2, -0.15) is 0 Å². The molecule has 2 aromatic carbocycles. The zero-order valence-corrected chi connectivity index (χ0v) is 24.6. The van der Waals surface area contributed by atoms with Gasteiger partial charge in [0.25, 0.3) is 0 Å². The van der Waals surface area contributed by atoms with E-state index in [4.69, 9.17) is 9.26 Å². The fourth-order valence-corrected chi connectivity index (χ4v) is 4.72. The van der Waals surface area contributed by atoms with E-state index in [2.05, 4.69) is 25.8 Å². The lowest BCUT2D eigenvalue weighted by atomic mass is 9.91. The molecule has 0 spiro atoms. The quantitative estimate of drug-likeness (QED) is 0.239. The van der Waals surface area contributed by atoms with Gasteiger partial charge in [-0.1, -0.05) is 45.4 Å². The number of carbonyl (C=O) groups excluding carboxylic acids is 2. The number of hydrogen-bond acceptors (Lipinski definition) is 6. The highest BCUT2D eigenvalue weighted by molar-refractivity contribution is 9.10. The average molecular weight is 590 g/mol. The molecule has 0 aliphatic heterocycles. The average Bonchev–Trinajstić information content (AvgIpc) is 3.18. The normalized spacial score (nSPS) is 13.7. The predicted octanol–water partition coefficient (Wildman–Crippen LogP) is 6.47. The molecule has 0 aliphatic carbocycles. The summed E-state index contributed by atoms with van der Waals surface area (Å²) in [4.78, 5) is 26.3. The molecule has 0 saturated heterocycles. The zero-order chi connectivity index (χ0) is 27.5. The van der Waals surface area contributed by atoms with E-state index in [-0.39, 0.29) is 12.2 Å². The van der Waals surface area contributed by atoms with Crippen molar-refractivity contribution in [2.45, 2.75) is 71.3 Å². The number of benzene rings is 2. The van der Waals surface area contributed by atoms with Crippen molar-refractivity contribution in [2.75, 3.05) is 0 Å². The van der Waals surface area contributed by atoms with Gasteiger partial charge in [0.1, 0.15) is 5.60 Å². The number of aryl methyl sites for hydroxylation is 1. The Morgan fingerprint density at radius 3 is 2.27 bits per heavy atom. The minimum atomic E-state index is -1.53. The third kappa shape index (κ3) is 7.46. The van der Waals surface area contributed by atoms with Crippen molar-refractivity contribution in [1.29, 1.82) is 0 Å². The van der Waals surface area contributed by atoms with Crippen molar-refractivity contribution in [1.82, 2.24) is 9.88 Å². The molecule has 198 valence electrons. The third-order valence-electron chi connectivity index (χ3n) is 5.35. The first-order chi connectivity index (χ1) is 17.2. The van der Waals surface area contributed by atoms with E-state index in [1.54, 1.807) is 52.0 Å². The Balaban J connectivity index is 2.10. The molecule has 0 radical (unpaired) electrons. The molecule has 0 amide bonds. The summed E-state index contributed by atoms with van der Waals surface area (Å²) in [5.41, 5.74) is 2.04. The molecule has 2 atom stereocenters. The first kappa shape index (κ1) is 28.9. The van der Waals surface area contributed by atoms with Crippen LogP contribution in [0.5, 0.6) is 0 Å². The molecular weight excluding hydrogens is 556 g/mol. The minimum Gasteiger partial charge on any atom is -0.460 e. The lowest BCUT2D eigenvalue weighted by Crippen LogP contribution is -2.37. The van der Waals surface area contributed by atoms with Crippen LogP contribution in [0.3, 0.4) is 0 Å². The lowest BCUT2D eigenvalue weighted by Gasteiger charge is -2.25. The fourth-order valence-electron chi connectivity index (χ4n) is 3.65. The number of rotatable bonds is 8. The van der Waals surface area contributed by atoms with Gasteiger partial charge < -0.3 is 9.26 Å². The molecule has 9 heteroatoms. The standard InChI is InChI=1S/C28H33BrN2O5S/c1-17-24(20-10-8-9-11-21(20)25(33)18-12-14-19(29)15-13-18)26(36-30-17)22(31-37(34)28(5,6)7)16-23(32)35-27(2,3)4/h8-15,22,31H,16H2,1-7H3/t22-,37+/m0/s1. The molecule has 3 rings (SSSR count). The Bertz CT molecular complexity index is 1300. The molecule has 0 bridgehead atoms. The van der Waals surface area contributed by atoms with E-state index in [1.807, 2.05) is 45.0 Å². The molecule has 37 heavy (non-hydrogen) atoms. The van der Waals surface area contributed by atoms with Crippen molar-refractivity contribution >= 4 is 38.7 Å². The van der Waals surface area contributed by atoms with Gasteiger partial charge in [-0.3, -0.25) is 9.59 Å². The van der Waals surface area contributed by atoms with E-state index in [9.17, 15) is 13.8 Å². The summed E-state index contributed by atoms with van der Waals surface area (Å²) < 4.78 is 27.7. The van der Waals surface area contributed by atoms with Gasteiger partial charge in [0.2, 0.25) is 0 Å². The van der Waals surface area contributed by atoms with E-state index in [0.717, 1.165) is 4.47 Å². The SMILES string of the molecule is Cc1noc([C@H](CC(=O)OC(C)(C)C)N[S@](=O)C(C)(C)C)c1-c1ccccc1C(=O)c1ccc(Br)cc1. The van der Waals surface area contributed by atoms with Gasteiger partial charge in [0.05, 0.1) is 33.9 Å². The van der Waals surface area contributed by atoms with Gasteiger partial charge in [0.15, 0.2) is 11.5 Å². The third-order valence-corrected chi connectivity index (χ3v) is 7.49. The summed E-state index contributed by atoms with van der Waals surface area (Å²) in [7, 11) is -1.53. The van der Waals surface area contributed by atoms with E-state index < -0.39 is 33.3 Å². The molecule has 1 heterocycles. The van der Waals surface area contributed by atoms with Gasteiger partial charge in [-0.15, -0.1) is 0 Å². The van der Waals surface area contributed by atoms with Crippen LogP contribution < -0.4 is 4.72 Å². The van der Waals surface area contributed by atoms with Crippen LogP contribution in [0, 0.1) is 6.92 Å². The second-order valence-electron chi connectivity index (χ2n) is 10.7. The van der Waals surface area contributed by atoms with Crippen LogP contribution in [-0.4, -0.2) is 31.5 Å². The highest BCUT2D eigenvalue weighted by atomic mass is 79.9. The summed E-state index contributed by atoms with van der Waals surface area (Å²) in [5, 5.41) is 4.17. The van der Waals surface area contributed by atoms with Crippen LogP contribution in [0.1, 0.15) is 81.4 Å². The number of halogens is 1. The fraction of sp³-hybridized carbons (Fsp3) is 0.393. The Labute approximate surface area is 229 Å². The van der Waals surface area contributed by atoms with Crippen LogP contribution in [0.4, 0.5) is 0 Å². The minimum absolute atomic E-state index is 0.135. The lowest BCUT2D eigenvalue weighted by molar-refractivity contribution is -0.155.